The predicted molar refractivity (Wildman–Crippen MR) is 93.8 cm³/mol. The van der Waals surface area contributed by atoms with Gasteiger partial charge in [0, 0.05) is 12.5 Å². The highest BCUT2D eigenvalue weighted by Crippen LogP contribution is 2.40. The van der Waals surface area contributed by atoms with Gasteiger partial charge in [0.2, 0.25) is 0 Å². The lowest BCUT2D eigenvalue weighted by Gasteiger charge is -2.44. The Balaban J connectivity index is 2.93. The third-order valence-corrected chi connectivity index (χ3v) is 9.98. The molecule has 0 heterocycles. The van der Waals surface area contributed by atoms with Crippen LogP contribution in [-0.4, -0.2) is 47.6 Å². The molecule has 0 aromatic heterocycles. The topological polar surface area (TPSA) is 61.8 Å². The lowest BCUT2D eigenvalue weighted by atomic mass is 9.92. The minimum Gasteiger partial charge on any atom is -0.411 e. The average Bonchev–Trinajstić information content (AvgIpc) is 2.30. The van der Waals surface area contributed by atoms with Crippen LogP contribution in [0.5, 0.6) is 0 Å². The van der Waals surface area contributed by atoms with Gasteiger partial charge in [-0.3, -0.25) is 8.37 Å². The Labute approximate surface area is 140 Å². The van der Waals surface area contributed by atoms with Crippen LogP contribution in [0.15, 0.2) is 0 Å². The molecule has 2 unspecified atom stereocenters. The molecule has 0 amide bonds. The highest BCUT2D eigenvalue weighted by Gasteiger charge is 2.45. The van der Waals surface area contributed by atoms with Gasteiger partial charge in [-0.25, -0.2) is 8.42 Å². The molecule has 0 aromatic rings. The van der Waals surface area contributed by atoms with Crippen molar-refractivity contribution in [1.82, 2.24) is 0 Å². The van der Waals surface area contributed by atoms with E-state index < -0.39 is 36.6 Å². The van der Waals surface area contributed by atoms with Gasteiger partial charge in [0.15, 0.2) is 30.5 Å². The molecule has 1 aliphatic rings. The second-order valence-electron chi connectivity index (χ2n) is 7.35. The highest BCUT2D eigenvalue weighted by atomic mass is 32.2. The minimum atomic E-state index is -1.97. The fourth-order valence-corrected chi connectivity index (χ4v) is 4.80. The molecule has 0 saturated heterocycles. The van der Waals surface area contributed by atoms with Crippen molar-refractivity contribution in [2.45, 2.75) is 76.5 Å². The second-order valence-corrected chi connectivity index (χ2v) is 14.1. The first-order valence-electron chi connectivity index (χ1n) is 7.63. The summed E-state index contributed by atoms with van der Waals surface area (Å²) in [5.74, 6) is 0. The SMILES string of the molecule is CS(=O)O[C@@H]1[C@H](OS(C)=O)CCC[C@H]1O[Si](C)(C)C(C)(C)C. The van der Waals surface area contributed by atoms with Crippen molar-refractivity contribution >= 4 is 30.5 Å². The summed E-state index contributed by atoms with van der Waals surface area (Å²) in [7, 11) is -1.97. The Morgan fingerprint density at radius 2 is 1.45 bits per heavy atom. The summed E-state index contributed by atoms with van der Waals surface area (Å²) >= 11 is -2.79. The zero-order chi connectivity index (χ0) is 17.1. The fourth-order valence-electron chi connectivity index (χ4n) is 2.33. The third kappa shape index (κ3) is 5.79. The quantitative estimate of drug-likeness (QED) is 0.673. The lowest BCUT2D eigenvalue weighted by molar-refractivity contribution is -0.0442. The highest BCUT2D eigenvalue weighted by molar-refractivity contribution is 7.79. The molecule has 5 nitrogen and oxygen atoms in total. The van der Waals surface area contributed by atoms with E-state index in [1.54, 1.807) is 0 Å². The van der Waals surface area contributed by atoms with E-state index in [2.05, 4.69) is 33.9 Å². The van der Waals surface area contributed by atoms with Crippen molar-refractivity contribution < 1.29 is 21.2 Å². The van der Waals surface area contributed by atoms with E-state index in [0.29, 0.717) is 0 Å². The Morgan fingerprint density at radius 3 is 1.91 bits per heavy atom. The Hall–Kier alpha value is 0.397. The summed E-state index contributed by atoms with van der Waals surface area (Å²) in [6.07, 6.45) is 4.60. The zero-order valence-corrected chi connectivity index (χ0v) is 17.3. The smallest absolute Gasteiger partial charge is 0.192 e. The number of rotatable bonds is 6. The van der Waals surface area contributed by atoms with Crippen molar-refractivity contribution in [3.63, 3.8) is 0 Å². The fraction of sp³-hybridized carbons (Fsp3) is 1.00. The molecule has 1 rings (SSSR count). The summed E-state index contributed by atoms with van der Waals surface area (Å²) in [6.45, 7) is 10.9. The van der Waals surface area contributed by atoms with Crippen molar-refractivity contribution in [3.8, 4) is 0 Å². The van der Waals surface area contributed by atoms with Crippen LogP contribution in [0.3, 0.4) is 0 Å². The maximum Gasteiger partial charge on any atom is 0.192 e. The molecular weight excluding hydrogens is 340 g/mol. The molecule has 8 heteroatoms. The minimum absolute atomic E-state index is 0.0876. The van der Waals surface area contributed by atoms with Crippen LogP contribution in [0.4, 0.5) is 0 Å². The third-order valence-electron chi connectivity index (χ3n) is 4.47. The van der Waals surface area contributed by atoms with Crippen molar-refractivity contribution in [2.75, 3.05) is 12.5 Å². The number of hydrogen-bond donors (Lipinski definition) is 0. The van der Waals surface area contributed by atoms with E-state index in [0.717, 1.165) is 19.3 Å². The zero-order valence-electron chi connectivity index (χ0n) is 14.7. The molecule has 0 radical (unpaired) electrons. The molecule has 0 N–H and O–H groups in total. The van der Waals surface area contributed by atoms with Crippen LogP contribution in [0.1, 0.15) is 40.0 Å². The van der Waals surface area contributed by atoms with Crippen LogP contribution >= 0.6 is 0 Å². The van der Waals surface area contributed by atoms with E-state index in [1.807, 2.05) is 0 Å². The first kappa shape index (κ1) is 20.4. The van der Waals surface area contributed by atoms with Gasteiger partial charge < -0.3 is 4.43 Å². The molecule has 0 aliphatic heterocycles. The summed E-state index contributed by atoms with van der Waals surface area (Å²) in [6, 6.07) is 0. The molecule has 1 fully saturated rings. The maximum absolute atomic E-state index is 11.6. The summed E-state index contributed by atoms with van der Waals surface area (Å²) in [5, 5.41) is 0.0876. The standard InChI is InChI=1S/C14H30O5S2Si/c1-14(2,3)22(6,7)19-12-10-8-9-11(17-20(4)15)13(12)18-21(5)16/h11-13H,8-10H2,1-7H3/t11-,12-,13-,20?,21?/m1/s1. The van der Waals surface area contributed by atoms with Crippen molar-refractivity contribution in [2.24, 2.45) is 0 Å². The van der Waals surface area contributed by atoms with Crippen molar-refractivity contribution in [1.29, 1.82) is 0 Å². The summed E-state index contributed by atoms with van der Waals surface area (Å²) in [4.78, 5) is 0. The molecule has 132 valence electrons. The van der Waals surface area contributed by atoms with Crippen LogP contribution < -0.4 is 0 Å². The lowest BCUT2D eigenvalue weighted by Crippen LogP contribution is -2.53. The first-order valence-corrected chi connectivity index (χ1v) is 13.5. The van der Waals surface area contributed by atoms with Crippen LogP contribution in [0.2, 0.25) is 18.1 Å². The Morgan fingerprint density at radius 1 is 0.955 bits per heavy atom. The molecule has 0 bridgehead atoms. The van der Waals surface area contributed by atoms with Gasteiger partial charge in [0.05, 0.1) is 6.10 Å². The van der Waals surface area contributed by atoms with Gasteiger partial charge >= 0.3 is 0 Å². The average molecular weight is 371 g/mol. The molecule has 5 atom stereocenters. The van der Waals surface area contributed by atoms with Gasteiger partial charge in [0.25, 0.3) is 0 Å². The van der Waals surface area contributed by atoms with E-state index in [9.17, 15) is 8.42 Å². The number of hydrogen-bond acceptors (Lipinski definition) is 5. The molecule has 22 heavy (non-hydrogen) atoms. The normalized spacial score (nSPS) is 30.0. The summed E-state index contributed by atoms with van der Waals surface area (Å²) in [5.41, 5.74) is 0. The van der Waals surface area contributed by atoms with E-state index >= 15 is 0 Å². The largest absolute Gasteiger partial charge is 0.411 e. The Kier molecular flexibility index (Phi) is 7.42. The molecule has 0 aromatic carbocycles. The van der Waals surface area contributed by atoms with Gasteiger partial charge in [-0.05, 0) is 37.4 Å². The van der Waals surface area contributed by atoms with Crippen LogP contribution in [0.25, 0.3) is 0 Å². The van der Waals surface area contributed by atoms with Crippen LogP contribution in [0, 0.1) is 0 Å². The van der Waals surface area contributed by atoms with E-state index in [-0.39, 0.29) is 17.2 Å². The van der Waals surface area contributed by atoms with Crippen molar-refractivity contribution in [3.05, 3.63) is 0 Å². The second kappa shape index (κ2) is 7.98. The van der Waals surface area contributed by atoms with Gasteiger partial charge in [-0.2, -0.15) is 0 Å². The predicted octanol–water partition coefficient (Wildman–Crippen LogP) is 2.92. The maximum atomic E-state index is 11.6. The molecule has 1 aliphatic carbocycles. The van der Waals surface area contributed by atoms with Gasteiger partial charge in [-0.15, -0.1) is 0 Å². The molecule has 1 saturated carbocycles. The van der Waals surface area contributed by atoms with E-state index in [4.69, 9.17) is 12.8 Å². The summed E-state index contributed by atoms with van der Waals surface area (Å²) < 4.78 is 40.5. The monoisotopic (exact) mass is 370 g/mol. The molecular formula is C14H30O5S2Si. The Bertz CT molecular complexity index is 422. The van der Waals surface area contributed by atoms with Gasteiger partial charge in [0.1, 0.15) is 12.2 Å². The first-order chi connectivity index (χ1) is 9.94. The van der Waals surface area contributed by atoms with Crippen LogP contribution in [-0.2, 0) is 35.0 Å². The van der Waals surface area contributed by atoms with Gasteiger partial charge in [-0.1, -0.05) is 20.8 Å². The van der Waals surface area contributed by atoms with E-state index in [1.165, 1.54) is 12.5 Å². The molecule has 0 spiro atoms.